The van der Waals surface area contributed by atoms with Crippen LogP contribution in [0.5, 0.6) is 0 Å². The van der Waals surface area contributed by atoms with Crippen molar-refractivity contribution in [1.82, 2.24) is 0 Å². The first-order chi connectivity index (χ1) is 11.9. The number of rotatable bonds is 5. The first kappa shape index (κ1) is 22.3. The monoisotopic (exact) mass is 348 g/mol. The fourth-order valence-corrected chi connectivity index (χ4v) is 1.51. The predicted octanol–water partition coefficient (Wildman–Crippen LogP) is 2.91. The molecule has 1 unspecified atom stereocenters. The smallest absolute Gasteiger partial charge is 0.335 e. The van der Waals surface area contributed by atoms with Gasteiger partial charge < -0.3 is 20.4 Å². The molecule has 0 bridgehead atoms. The Kier molecular flexibility index (Phi) is 12.2. The average Bonchev–Trinajstić information content (AvgIpc) is 2.64. The third-order valence-electron chi connectivity index (χ3n) is 2.98. The minimum atomic E-state index is -0.879. The van der Waals surface area contributed by atoms with E-state index < -0.39 is 11.9 Å². The molecule has 0 aliphatic carbocycles. The summed E-state index contributed by atoms with van der Waals surface area (Å²) in [5.74, 6) is -1.76. The molecule has 2 aromatic carbocycles. The number of carboxylic acids is 2. The summed E-state index contributed by atoms with van der Waals surface area (Å²) in [6, 6.07) is 16.6. The molecule has 2 aromatic rings. The number of hydrogen-bond donors (Lipinski definition) is 4. The molecule has 0 aliphatic rings. The van der Waals surface area contributed by atoms with Crippen molar-refractivity contribution in [2.24, 2.45) is 0 Å². The van der Waals surface area contributed by atoms with E-state index in [0.29, 0.717) is 17.5 Å². The maximum atomic E-state index is 10.2. The van der Waals surface area contributed by atoms with Gasteiger partial charge in [-0.25, -0.2) is 9.59 Å². The molecule has 0 spiro atoms. The molecular weight excluding hydrogens is 324 g/mol. The molecule has 0 saturated carbocycles. The van der Waals surface area contributed by atoms with Crippen LogP contribution in [0.4, 0.5) is 0 Å². The second-order valence-corrected chi connectivity index (χ2v) is 4.92. The zero-order valence-electron chi connectivity index (χ0n) is 14.1. The molecule has 6 nitrogen and oxygen atoms in total. The van der Waals surface area contributed by atoms with Crippen molar-refractivity contribution in [3.8, 4) is 0 Å². The van der Waals surface area contributed by atoms with E-state index in [1.165, 1.54) is 0 Å². The SMILES string of the molecule is CCC(O)CCO.O=C(O)c1ccccc1.O=C(O)c1ccccc1. The number of carboxylic acid groups (broad SMARTS) is 2. The summed E-state index contributed by atoms with van der Waals surface area (Å²) in [5.41, 5.74) is 0.662. The normalized spacial score (nSPS) is 10.4. The van der Waals surface area contributed by atoms with E-state index in [-0.39, 0.29) is 12.7 Å². The van der Waals surface area contributed by atoms with Crippen LogP contribution in [0.2, 0.25) is 0 Å². The quantitative estimate of drug-likeness (QED) is 0.660. The van der Waals surface area contributed by atoms with Gasteiger partial charge in [-0.05, 0) is 37.1 Å². The van der Waals surface area contributed by atoms with Crippen LogP contribution in [0.3, 0.4) is 0 Å². The van der Waals surface area contributed by atoms with Gasteiger partial charge in [0.25, 0.3) is 0 Å². The van der Waals surface area contributed by atoms with E-state index >= 15 is 0 Å². The van der Waals surface area contributed by atoms with Gasteiger partial charge in [0.1, 0.15) is 0 Å². The van der Waals surface area contributed by atoms with Crippen LogP contribution >= 0.6 is 0 Å². The fourth-order valence-electron chi connectivity index (χ4n) is 1.51. The van der Waals surface area contributed by atoms with Gasteiger partial charge in [-0.15, -0.1) is 0 Å². The molecule has 25 heavy (non-hydrogen) atoms. The third-order valence-corrected chi connectivity index (χ3v) is 2.98. The lowest BCUT2D eigenvalue weighted by Gasteiger charge is -2.01. The van der Waals surface area contributed by atoms with Crippen LogP contribution < -0.4 is 0 Å². The minimum Gasteiger partial charge on any atom is -0.478 e. The highest BCUT2D eigenvalue weighted by Crippen LogP contribution is 1.97. The zero-order valence-corrected chi connectivity index (χ0v) is 14.1. The topological polar surface area (TPSA) is 115 Å². The molecule has 1 atom stereocenters. The molecule has 0 aromatic heterocycles. The molecule has 0 fully saturated rings. The first-order valence-electron chi connectivity index (χ1n) is 7.77. The Hall–Kier alpha value is -2.70. The molecule has 6 heteroatoms. The van der Waals surface area contributed by atoms with E-state index in [0.717, 1.165) is 6.42 Å². The van der Waals surface area contributed by atoms with Crippen molar-refractivity contribution in [3.63, 3.8) is 0 Å². The molecule has 136 valence electrons. The number of aromatic carboxylic acids is 2. The summed E-state index contributed by atoms with van der Waals surface area (Å²) in [4.78, 5) is 20.4. The lowest BCUT2D eigenvalue weighted by atomic mass is 10.2. The van der Waals surface area contributed by atoms with Crippen LogP contribution in [0.1, 0.15) is 40.5 Å². The predicted molar refractivity (Wildman–Crippen MR) is 94.8 cm³/mol. The molecule has 0 amide bonds. The summed E-state index contributed by atoms with van der Waals surface area (Å²) in [7, 11) is 0. The van der Waals surface area contributed by atoms with Gasteiger partial charge in [0, 0.05) is 6.61 Å². The highest BCUT2D eigenvalue weighted by atomic mass is 16.4. The number of aliphatic hydroxyl groups excluding tert-OH is 2. The molecule has 4 N–H and O–H groups in total. The lowest BCUT2D eigenvalue weighted by molar-refractivity contribution is 0.0686. The van der Waals surface area contributed by atoms with Crippen molar-refractivity contribution in [2.45, 2.75) is 25.9 Å². The second-order valence-electron chi connectivity index (χ2n) is 4.92. The highest BCUT2D eigenvalue weighted by Gasteiger charge is 1.97. The lowest BCUT2D eigenvalue weighted by Crippen LogP contribution is -2.05. The van der Waals surface area contributed by atoms with Gasteiger partial charge in [-0.2, -0.15) is 0 Å². The standard InChI is InChI=1S/2C7H6O2.C5H12O2/c2*8-7(9)6-4-2-1-3-5-6;1-2-5(7)3-4-6/h2*1-5H,(H,8,9);5-7H,2-4H2,1H3. The molecule has 0 saturated heterocycles. The Balaban J connectivity index is 0.000000350. The Bertz CT molecular complexity index is 548. The van der Waals surface area contributed by atoms with Crippen LogP contribution in [0.15, 0.2) is 60.7 Å². The van der Waals surface area contributed by atoms with Crippen molar-refractivity contribution in [1.29, 1.82) is 0 Å². The van der Waals surface area contributed by atoms with Crippen molar-refractivity contribution >= 4 is 11.9 Å². The van der Waals surface area contributed by atoms with Crippen molar-refractivity contribution < 1.29 is 30.0 Å². The molecule has 0 heterocycles. The van der Waals surface area contributed by atoms with Gasteiger partial charge in [-0.1, -0.05) is 43.3 Å². The Morgan fingerprint density at radius 1 is 0.840 bits per heavy atom. The van der Waals surface area contributed by atoms with E-state index in [1.54, 1.807) is 60.7 Å². The Morgan fingerprint density at radius 2 is 1.20 bits per heavy atom. The van der Waals surface area contributed by atoms with Gasteiger partial charge in [-0.3, -0.25) is 0 Å². The van der Waals surface area contributed by atoms with Crippen LogP contribution in [0.25, 0.3) is 0 Å². The van der Waals surface area contributed by atoms with Gasteiger partial charge in [0.15, 0.2) is 0 Å². The molecule has 0 aliphatic heterocycles. The second kappa shape index (κ2) is 13.7. The number of carbonyl (C=O) groups is 2. The number of benzene rings is 2. The summed E-state index contributed by atoms with van der Waals surface area (Å²) in [6.07, 6.45) is 0.946. The van der Waals surface area contributed by atoms with E-state index in [9.17, 15) is 9.59 Å². The molecular formula is C19H24O6. The molecule has 0 radical (unpaired) electrons. The largest absolute Gasteiger partial charge is 0.478 e. The van der Waals surface area contributed by atoms with Crippen LogP contribution in [-0.4, -0.2) is 45.1 Å². The van der Waals surface area contributed by atoms with E-state index in [2.05, 4.69) is 0 Å². The van der Waals surface area contributed by atoms with Gasteiger partial charge in [0.2, 0.25) is 0 Å². The van der Waals surface area contributed by atoms with Gasteiger partial charge >= 0.3 is 11.9 Å². The fraction of sp³-hybridized carbons (Fsp3) is 0.263. The Morgan fingerprint density at radius 3 is 1.36 bits per heavy atom. The highest BCUT2D eigenvalue weighted by molar-refractivity contribution is 5.87. The minimum absolute atomic E-state index is 0.0923. The number of aliphatic hydroxyl groups is 2. The summed E-state index contributed by atoms with van der Waals surface area (Å²) in [5, 5.41) is 33.7. The third kappa shape index (κ3) is 11.5. The number of hydrogen-bond acceptors (Lipinski definition) is 4. The van der Waals surface area contributed by atoms with Crippen LogP contribution in [0, 0.1) is 0 Å². The van der Waals surface area contributed by atoms with Crippen LogP contribution in [-0.2, 0) is 0 Å². The summed E-state index contributed by atoms with van der Waals surface area (Å²) >= 11 is 0. The Labute approximate surface area is 147 Å². The van der Waals surface area contributed by atoms with Crippen molar-refractivity contribution in [3.05, 3.63) is 71.8 Å². The summed E-state index contributed by atoms with van der Waals surface area (Å²) in [6.45, 7) is 1.98. The average molecular weight is 348 g/mol. The summed E-state index contributed by atoms with van der Waals surface area (Å²) < 4.78 is 0. The molecule has 2 rings (SSSR count). The maximum Gasteiger partial charge on any atom is 0.335 e. The van der Waals surface area contributed by atoms with Gasteiger partial charge in [0.05, 0.1) is 17.2 Å². The first-order valence-corrected chi connectivity index (χ1v) is 7.77. The van der Waals surface area contributed by atoms with E-state index in [1.807, 2.05) is 6.92 Å². The van der Waals surface area contributed by atoms with E-state index in [4.69, 9.17) is 20.4 Å². The van der Waals surface area contributed by atoms with Crippen molar-refractivity contribution in [2.75, 3.05) is 6.61 Å². The maximum absolute atomic E-state index is 10.2. The zero-order chi connectivity index (χ0) is 19.1.